The molecule has 9 nitrogen and oxygen atoms in total. The number of amides is 2. The highest BCUT2D eigenvalue weighted by Crippen LogP contribution is 2.24. The molecule has 0 atom stereocenters. The summed E-state index contributed by atoms with van der Waals surface area (Å²) >= 11 is 1.24. The molecule has 2 amide bonds. The lowest BCUT2D eigenvalue weighted by Gasteiger charge is -2.38. The van der Waals surface area contributed by atoms with Crippen LogP contribution in [0.3, 0.4) is 0 Å². The van der Waals surface area contributed by atoms with Crippen LogP contribution in [0.4, 0.5) is 21.7 Å². The summed E-state index contributed by atoms with van der Waals surface area (Å²) in [6.07, 6.45) is 4.60. The van der Waals surface area contributed by atoms with Crippen LogP contribution in [-0.4, -0.2) is 53.1 Å². The van der Waals surface area contributed by atoms with Gasteiger partial charge in [0, 0.05) is 25.9 Å². The van der Waals surface area contributed by atoms with Crippen molar-refractivity contribution < 1.29 is 18.7 Å². The van der Waals surface area contributed by atoms with E-state index in [1.165, 1.54) is 42.1 Å². The lowest BCUT2D eigenvalue weighted by Crippen LogP contribution is -2.52. The van der Waals surface area contributed by atoms with Gasteiger partial charge in [0.2, 0.25) is 0 Å². The van der Waals surface area contributed by atoms with Crippen LogP contribution in [0.1, 0.15) is 30.6 Å². The van der Waals surface area contributed by atoms with Crippen LogP contribution in [0.15, 0.2) is 30.7 Å². The number of anilines is 3. The number of methoxy groups -OCH3 is 1. The molecule has 1 aliphatic heterocycles. The molecule has 4 rings (SSSR count). The first kappa shape index (κ1) is 21.8. The summed E-state index contributed by atoms with van der Waals surface area (Å²) in [5.41, 5.74) is 0.601. The summed E-state index contributed by atoms with van der Waals surface area (Å²) in [5.74, 6) is -0.923. The van der Waals surface area contributed by atoms with Crippen LogP contribution >= 0.6 is 11.3 Å². The maximum atomic E-state index is 14.5. The Bertz CT molecular complexity index is 1160. The molecule has 3 heterocycles. The van der Waals surface area contributed by atoms with Gasteiger partial charge in [-0.15, -0.1) is 11.3 Å². The molecular formula is C21H21FN6O3S. The zero-order chi connectivity index (χ0) is 22.8. The van der Waals surface area contributed by atoms with E-state index in [-0.39, 0.29) is 23.4 Å². The van der Waals surface area contributed by atoms with E-state index >= 15 is 0 Å². The zero-order valence-electron chi connectivity index (χ0n) is 17.7. The van der Waals surface area contributed by atoms with Crippen LogP contribution in [-0.2, 0) is 4.74 Å². The summed E-state index contributed by atoms with van der Waals surface area (Å²) in [5, 5.41) is 6.00. The van der Waals surface area contributed by atoms with E-state index in [0.29, 0.717) is 21.9 Å². The van der Waals surface area contributed by atoms with Crippen LogP contribution in [0.2, 0.25) is 0 Å². The number of benzene rings is 1. The third kappa shape index (κ3) is 4.58. The summed E-state index contributed by atoms with van der Waals surface area (Å²) < 4.78 is 19.7. The molecule has 2 N–H and O–H groups in total. The van der Waals surface area contributed by atoms with Crippen molar-refractivity contribution >= 4 is 40.5 Å². The van der Waals surface area contributed by atoms with Gasteiger partial charge in [0.15, 0.2) is 5.82 Å². The fraction of sp³-hybridized carbons (Fsp3) is 0.286. The van der Waals surface area contributed by atoms with Crippen molar-refractivity contribution in [2.24, 2.45) is 0 Å². The Morgan fingerprint density at radius 1 is 1.09 bits per heavy atom. The summed E-state index contributed by atoms with van der Waals surface area (Å²) in [6, 6.07) is 2.51. The van der Waals surface area contributed by atoms with Gasteiger partial charge in [-0.2, -0.15) is 0 Å². The quantitative estimate of drug-likeness (QED) is 0.587. The Balaban J connectivity index is 1.46. The topological polar surface area (TPSA) is 109 Å². The van der Waals surface area contributed by atoms with Crippen molar-refractivity contribution in [3.8, 4) is 0 Å². The predicted octanol–water partition coefficient (Wildman–Crippen LogP) is 3.03. The molecule has 1 aliphatic rings. The van der Waals surface area contributed by atoms with Crippen molar-refractivity contribution in [3.05, 3.63) is 57.6 Å². The normalized spacial score (nSPS) is 13.6. The molecule has 1 aromatic carbocycles. The Morgan fingerprint density at radius 3 is 2.50 bits per heavy atom. The van der Waals surface area contributed by atoms with Gasteiger partial charge in [-0.3, -0.25) is 9.59 Å². The van der Waals surface area contributed by atoms with Crippen LogP contribution in [0.25, 0.3) is 0 Å². The zero-order valence-corrected chi connectivity index (χ0v) is 18.5. The fourth-order valence-corrected chi connectivity index (χ4v) is 3.81. The first-order valence-electron chi connectivity index (χ1n) is 9.79. The van der Waals surface area contributed by atoms with Crippen LogP contribution in [0.5, 0.6) is 0 Å². The molecule has 3 aromatic rings. The van der Waals surface area contributed by atoms with Crippen LogP contribution < -0.4 is 15.5 Å². The highest BCUT2D eigenvalue weighted by molar-refractivity contribution is 7.13. The highest BCUT2D eigenvalue weighted by atomic mass is 32.1. The molecule has 2 aromatic heterocycles. The van der Waals surface area contributed by atoms with Crippen molar-refractivity contribution in [1.82, 2.24) is 15.0 Å². The third-order valence-electron chi connectivity index (χ3n) is 5.04. The molecule has 166 valence electrons. The standard InChI is InChI=1S/C21H21FN6O3S/c1-11-4-15(22)14(5-16(11)26-21(30)17-6-23-12(2)32-17)20(29)27-18-7-25-19(8-24-18)28-9-13(10-28)31-3/h4-8,13H,9-10H2,1-3H3,(H,26,30)(H,24,27,29). The van der Waals surface area contributed by atoms with Crippen molar-refractivity contribution in [2.75, 3.05) is 35.7 Å². The second kappa shape index (κ2) is 8.97. The minimum Gasteiger partial charge on any atom is -0.378 e. The number of ether oxygens (including phenoxy) is 1. The molecule has 0 spiro atoms. The Kier molecular flexibility index (Phi) is 6.10. The Labute approximate surface area is 187 Å². The molecule has 0 aliphatic carbocycles. The summed E-state index contributed by atoms with van der Waals surface area (Å²) in [7, 11) is 1.66. The van der Waals surface area contributed by atoms with E-state index in [1.807, 2.05) is 4.90 Å². The molecule has 1 saturated heterocycles. The smallest absolute Gasteiger partial charge is 0.267 e. The summed E-state index contributed by atoms with van der Waals surface area (Å²) in [6.45, 7) is 4.89. The monoisotopic (exact) mass is 456 g/mol. The number of thiazole rings is 1. The Morgan fingerprint density at radius 2 is 1.88 bits per heavy atom. The first-order chi connectivity index (χ1) is 15.3. The van der Waals surface area contributed by atoms with Gasteiger partial charge >= 0.3 is 0 Å². The predicted molar refractivity (Wildman–Crippen MR) is 119 cm³/mol. The fourth-order valence-electron chi connectivity index (χ4n) is 3.14. The lowest BCUT2D eigenvalue weighted by atomic mass is 10.1. The molecule has 0 radical (unpaired) electrons. The number of hydrogen-bond acceptors (Lipinski definition) is 8. The minimum atomic E-state index is -0.706. The van der Waals surface area contributed by atoms with Gasteiger partial charge in [-0.25, -0.2) is 19.3 Å². The number of rotatable bonds is 6. The van der Waals surface area contributed by atoms with Gasteiger partial charge in [-0.1, -0.05) is 0 Å². The minimum absolute atomic E-state index is 0.176. The van der Waals surface area contributed by atoms with E-state index in [9.17, 15) is 14.0 Å². The number of halogens is 1. The van der Waals surface area contributed by atoms with Gasteiger partial charge in [0.25, 0.3) is 11.8 Å². The van der Waals surface area contributed by atoms with Gasteiger partial charge in [0.1, 0.15) is 16.5 Å². The second-order valence-corrected chi connectivity index (χ2v) is 8.56. The van der Waals surface area contributed by atoms with Crippen molar-refractivity contribution in [1.29, 1.82) is 0 Å². The Hall–Kier alpha value is -3.44. The van der Waals surface area contributed by atoms with Gasteiger partial charge < -0.3 is 20.3 Å². The maximum Gasteiger partial charge on any atom is 0.267 e. The highest BCUT2D eigenvalue weighted by Gasteiger charge is 2.27. The van der Waals surface area contributed by atoms with Gasteiger partial charge in [0.05, 0.1) is 35.3 Å². The molecular weight excluding hydrogens is 435 g/mol. The number of nitrogens with one attached hydrogen (secondary N) is 2. The SMILES string of the molecule is COC1CN(c2cnc(NC(=O)c3cc(NC(=O)c4cnc(C)s4)c(C)cc3F)cn2)C1. The molecule has 0 bridgehead atoms. The number of aromatic nitrogens is 3. The number of aryl methyl sites for hydroxylation is 2. The average Bonchev–Trinajstić information content (AvgIpc) is 3.17. The first-order valence-corrected chi connectivity index (χ1v) is 10.6. The van der Waals surface area contributed by atoms with E-state index < -0.39 is 11.7 Å². The molecule has 0 saturated carbocycles. The lowest BCUT2D eigenvalue weighted by molar-refractivity contribution is 0.0783. The second-order valence-electron chi connectivity index (χ2n) is 7.32. The maximum absolute atomic E-state index is 14.5. The number of hydrogen-bond donors (Lipinski definition) is 2. The molecule has 11 heteroatoms. The number of carbonyl (C=O) groups excluding carboxylic acids is 2. The van der Waals surface area contributed by atoms with E-state index in [0.717, 1.165) is 18.1 Å². The van der Waals surface area contributed by atoms with Gasteiger partial charge in [-0.05, 0) is 31.5 Å². The largest absolute Gasteiger partial charge is 0.378 e. The van der Waals surface area contributed by atoms with Crippen molar-refractivity contribution in [2.45, 2.75) is 20.0 Å². The molecule has 32 heavy (non-hydrogen) atoms. The van der Waals surface area contributed by atoms with E-state index in [1.54, 1.807) is 21.0 Å². The molecule has 0 unspecified atom stereocenters. The van der Waals surface area contributed by atoms with E-state index in [2.05, 4.69) is 25.6 Å². The molecule has 1 fully saturated rings. The van der Waals surface area contributed by atoms with Crippen LogP contribution in [0, 0.1) is 19.7 Å². The van der Waals surface area contributed by atoms with E-state index in [4.69, 9.17) is 4.74 Å². The third-order valence-corrected chi connectivity index (χ3v) is 5.95. The number of nitrogens with zero attached hydrogens (tertiary/aromatic N) is 4. The van der Waals surface area contributed by atoms with Crippen molar-refractivity contribution in [3.63, 3.8) is 0 Å². The number of carbonyl (C=O) groups is 2. The summed E-state index contributed by atoms with van der Waals surface area (Å²) in [4.78, 5) is 40.0. The average molecular weight is 457 g/mol.